The lowest BCUT2D eigenvalue weighted by atomic mass is 10.1. The number of alkyl halides is 3. The van der Waals surface area contributed by atoms with Crippen LogP contribution < -0.4 is 4.74 Å². The molecule has 0 aliphatic heterocycles. The maximum Gasteiger partial charge on any atom is 0.434 e. The number of hydrogen-bond donors (Lipinski definition) is 0. The van der Waals surface area contributed by atoms with E-state index in [4.69, 9.17) is 9.84 Å². The van der Waals surface area contributed by atoms with Gasteiger partial charge in [-0.15, -0.1) is 5.10 Å². The van der Waals surface area contributed by atoms with Crippen LogP contribution in [-0.4, -0.2) is 41.2 Å². The Labute approximate surface area is 214 Å². The molecule has 0 spiro atoms. The summed E-state index contributed by atoms with van der Waals surface area (Å²) in [5, 5.41) is 4.72. The van der Waals surface area contributed by atoms with Crippen molar-refractivity contribution in [1.82, 2.24) is 34.1 Å². The second-order valence-corrected chi connectivity index (χ2v) is 9.19. The molecule has 0 atom stereocenters. The fourth-order valence-electron chi connectivity index (χ4n) is 4.52. The molecule has 0 amide bonds. The minimum Gasteiger partial charge on any atom is -0.480 e. The summed E-state index contributed by atoms with van der Waals surface area (Å²) in [7, 11) is 2.94. The Hall–Kier alpha value is -4.35. The van der Waals surface area contributed by atoms with Crippen LogP contribution >= 0.6 is 0 Å². The Morgan fingerprint density at radius 1 is 1.08 bits per heavy atom. The predicted octanol–water partition coefficient (Wildman–Crippen LogP) is 5.22. The van der Waals surface area contributed by atoms with Crippen molar-refractivity contribution in [2.45, 2.75) is 31.4 Å². The van der Waals surface area contributed by atoms with Gasteiger partial charge in [-0.2, -0.15) is 13.2 Å². The smallest absolute Gasteiger partial charge is 0.434 e. The summed E-state index contributed by atoms with van der Waals surface area (Å²) in [5.41, 5.74) is 2.38. The zero-order chi connectivity index (χ0) is 26.6. The topological polar surface area (TPSA) is 83.0 Å². The van der Waals surface area contributed by atoms with Gasteiger partial charge in [0.25, 0.3) is 0 Å². The van der Waals surface area contributed by atoms with Crippen LogP contribution in [0.4, 0.5) is 17.6 Å². The molecule has 1 aromatic carbocycles. The molecule has 1 fully saturated rings. The van der Waals surface area contributed by atoms with Crippen molar-refractivity contribution in [3.05, 3.63) is 77.4 Å². The van der Waals surface area contributed by atoms with E-state index in [1.165, 1.54) is 32.6 Å². The molecule has 0 saturated heterocycles. The summed E-state index contributed by atoms with van der Waals surface area (Å²) >= 11 is 0. The standard InChI is InChI=1S/C26H21F4N7O/c1-36-12-19(26(28,29)30)33-24(36)17-9-6-14(11-18(17)27)10-16-4-3-5-20-34-23(35-37(16)20)21-22(15-7-8-15)31-13-32-25(21)38-2/h3-6,9,11-13,15H,7-8,10H2,1-2H3. The molecular formula is C26H21F4N7O. The molecule has 12 heteroatoms. The summed E-state index contributed by atoms with van der Waals surface area (Å²) in [6.07, 6.45) is 0.0738. The number of imidazole rings is 1. The van der Waals surface area contributed by atoms with Crippen molar-refractivity contribution in [2.24, 2.45) is 7.05 Å². The lowest BCUT2D eigenvalue weighted by Crippen LogP contribution is -2.05. The number of aromatic nitrogens is 7. The first-order valence-electron chi connectivity index (χ1n) is 11.9. The number of ether oxygens (including phenoxy) is 1. The maximum absolute atomic E-state index is 15.1. The number of fused-ring (bicyclic) bond motifs is 1. The monoisotopic (exact) mass is 523 g/mol. The number of aryl methyl sites for hydroxylation is 1. The number of rotatable bonds is 6. The van der Waals surface area contributed by atoms with E-state index in [1.54, 1.807) is 10.6 Å². The van der Waals surface area contributed by atoms with Crippen molar-refractivity contribution in [3.63, 3.8) is 0 Å². The lowest BCUT2D eigenvalue weighted by molar-refractivity contribution is -0.140. The highest BCUT2D eigenvalue weighted by Gasteiger charge is 2.35. The molecule has 1 aliphatic rings. The van der Waals surface area contributed by atoms with E-state index in [0.29, 0.717) is 40.8 Å². The van der Waals surface area contributed by atoms with Crippen LogP contribution in [0.1, 0.15) is 41.4 Å². The highest BCUT2D eigenvalue weighted by atomic mass is 19.4. The van der Waals surface area contributed by atoms with Crippen molar-refractivity contribution in [3.8, 4) is 28.7 Å². The van der Waals surface area contributed by atoms with Crippen LogP contribution in [0, 0.1) is 5.82 Å². The van der Waals surface area contributed by atoms with Gasteiger partial charge in [0.05, 0.1) is 18.4 Å². The van der Waals surface area contributed by atoms with E-state index in [-0.39, 0.29) is 11.4 Å². The molecule has 0 N–H and O–H groups in total. The predicted molar refractivity (Wildman–Crippen MR) is 129 cm³/mol. The number of nitrogens with zero attached hydrogens (tertiary/aromatic N) is 7. The third-order valence-corrected chi connectivity index (χ3v) is 6.49. The molecule has 0 bridgehead atoms. The van der Waals surface area contributed by atoms with Gasteiger partial charge < -0.3 is 9.30 Å². The van der Waals surface area contributed by atoms with Crippen molar-refractivity contribution < 1.29 is 22.3 Å². The maximum atomic E-state index is 15.1. The second-order valence-electron chi connectivity index (χ2n) is 9.19. The summed E-state index contributed by atoms with van der Waals surface area (Å²) in [5.74, 6) is 0.389. The van der Waals surface area contributed by atoms with Crippen molar-refractivity contribution in [2.75, 3.05) is 7.11 Å². The van der Waals surface area contributed by atoms with Crippen LogP contribution in [0.25, 0.3) is 28.4 Å². The van der Waals surface area contributed by atoms with Crippen LogP contribution in [0.5, 0.6) is 5.88 Å². The summed E-state index contributed by atoms with van der Waals surface area (Å²) < 4.78 is 62.6. The van der Waals surface area contributed by atoms with Crippen molar-refractivity contribution in [1.29, 1.82) is 0 Å². The van der Waals surface area contributed by atoms with Gasteiger partial charge >= 0.3 is 6.18 Å². The fourth-order valence-corrected chi connectivity index (χ4v) is 4.52. The van der Waals surface area contributed by atoms with E-state index in [2.05, 4.69) is 19.9 Å². The van der Waals surface area contributed by atoms with E-state index >= 15 is 4.39 Å². The van der Waals surface area contributed by atoms with Gasteiger partial charge in [0.1, 0.15) is 23.5 Å². The van der Waals surface area contributed by atoms with E-state index in [9.17, 15) is 13.2 Å². The molecule has 194 valence electrons. The Balaban J connectivity index is 1.34. The number of pyridine rings is 1. The summed E-state index contributed by atoms with van der Waals surface area (Å²) in [6, 6.07) is 9.90. The Kier molecular flexibility index (Phi) is 5.62. The molecule has 0 unspecified atom stereocenters. The fraction of sp³-hybridized carbons (Fsp3) is 0.269. The first-order chi connectivity index (χ1) is 18.2. The minimum absolute atomic E-state index is 0.0169. The molecule has 0 radical (unpaired) electrons. The quantitative estimate of drug-likeness (QED) is 0.284. The van der Waals surface area contributed by atoms with E-state index in [0.717, 1.165) is 35.0 Å². The first-order valence-corrected chi connectivity index (χ1v) is 11.9. The Morgan fingerprint density at radius 2 is 1.89 bits per heavy atom. The summed E-state index contributed by atoms with van der Waals surface area (Å²) in [4.78, 5) is 17.0. The zero-order valence-corrected chi connectivity index (χ0v) is 20.4. The second kappa shape index (κ2) is 8.89. The van der Waals surface area contributed by atoms with Crippen LogP contribution in [0.15, 0.2) is 48.9 Å². The van der Waals surface area contributed by atoms with Gasteiger partial charge in [-0.05, 0) is 42.7 Å². The SMILES string of the molecule is COc1ncnc(C2CC2)c1-c1nc2cccc(Cc3ccc(-c4nc(C(F)(F)F)cn4C)c(F)c3)n2n1. The van der Waals surface area contributed by atoms with Gasteiger partial charge in [0.2, 0.25) is 5.88 Å². The highest BCUT2D eigenvalue weighted by Crippen LogP contribution is 2.45. The molecule has 38 heavy (non-hydrogen) atoms. The molecule has 4 aromatic heterocycles. The largest absolute Gasteiger partial charge is 0.480 e. The van der Waals surface area contributed by atoms with Gasteiger partial charge in [-0.1, -0.05) is 12.1 Å². The van der Waals surface area contributed by atoms with Crippen LogP contribution in [-0.2, 0) is 19.6 Å². The molecule has 1 saturated carbocycles. The molecule has 6 rings (SSSR count). The lowest BCUT2D eigenvalue weighted by Gasteiger charge is -2.08. The molecule has 5 aromatic rings. The van der Waals surface area contributed by atoms with E-state index < -0.39 is 17.7 Å². The summed E-state index contributed by atoms with van der Waals surface area (Å²) in [6.45, 7) is 0. The molecule has 4 heterocycles. The van der Waals surface area contributed by atoms with Crippen molar-refractivity contribution >= 4 is 5.65 Å². The third-order valence-electron chi connectivity index (χ3n) is 6.49. The zero-order valence-electron chi connectivity index (χ0n) is 20.4. The van der Waals surface area contributed by atoms with Gasteiger partial charge in [-0.3, -0.25) is 0 Å². The highest BCUT2D eigenvalue weighted by molar-refractivity contribution is 5.67. The molecule has 1 aliphatic carbocycles. The number of methoxy groups -OCH3 is 1. The van der Waals surface area contributed by atoms with Crippen LogP contribution in [0.2, 0.25) is 0 Å². The van der Waals surface area contributed by atoms with E-state index in [1.807, 2.05) is 18.2 Å². The first kappa shape index (κ1) is 24.0. The van der Waals surface area contributed by atoms with Gasteiger partial charge in [0, 0.05) is 31.3 Å². The minimum atomic E-state index is -4.61. The number of benzene rings is 1. The number of hydrogen-bond acceptors (Lipinski definition) is 6. The normalized spacial score (nSPS) is 13.8. The molecule has 8 nitrogen and oxygen atoms in total. The van der Waals surface area contributed by atoms with Crippen LogP contribution in [0.3, 0.4) is 0 Å². The number of halogens is 4. The Bertz CT molecular complexity index is 1670. The van der Waals surface area contributed by atoms with Gasteiger partial charge in [0.15, 0.2) is 17.2 Å². The Morgan fingerprint density at radius 3 is 2.58 bits per heavy atom. The van der Waals surface area contributed by atoms with Gasteiger partial charge in [-0.25, -0.2) is 28.8 Å². The average Bonchev–Trinajstić information content (AvgIpc) is 3.51. The molecular weight excluding hydrogens is 502 g/mol. The third kappa shape index (κ3) is 4.25. The average molecular weight is 523 g/mol.